The van der Waals surface area contributed by atoms with E-state index in [1.165, 1.54) is 6.08 Å². The second kappa shape index (κ2) is 6.22. The molecule has 29 heavy (non-hydrogen) atoms. The second-order valence-corrected chi connectivity index (χ2v) is 10.5. The fraction of sp³-hybridized carbons (Fsp3) is 0.727. The van der Waals surface area contributed by atoms with Crippen molar-refractivity contribution in [1.82, 2.24) is 0 Å². The molecule has 0 aliphatic heterocycles. The number of hydrogen-bond acceptors (Lipinski definition) is 5. The summed E-state index contributed by atoms with van der Waals surface area (Å²) in [6.45, 7) is 4.58. The molecule has 4 rings (SSSR count). The first kappa shape index (κ1) is 21.2. The molecular weight excluding hydrogens is 399 g/mol. The first-order valence-electron chi connectivity index (χ1n) is 10.3. The Kier molecular flexibility index (Phi) is 4.54. The lowest BCUT2D eigenvalue weighted by atomic mass is 9.45. The third-order valence-corrected chi connectivity index (χ3v) is 9.81. The number of halogens is 2. The van der Waals surface area contributed by atoms with E-state index in [1.807, 2.05) is 0 Å². The molecule has 7 heteroatoms. The molecule has 0 amide bonds. The van der Waals surface area contributed by atoms with Gasteiger partial charge in [-0.3, -0.25) is 9.59 Å². The summed E-state index contributed by atoms with van der Waals surface area (Å²) in [5, 5.41) is 32.3. The molecule has 4 aliphatic rings. The van der Waals surface area contributed by atoms with E-state index in [4.69, 9.17) is 11.6 Å². The summed E-state index contributed by atoms with van der Waals surface area (Å²) in [5.74, 6) is -2.99. The Labute approximate surface area is 174 Å². The SMILES string of the molecule is CC1C[C@H]2[C@@H]3CCC4=C(F)C(=O)C=C[C@]4(C)[C@@]3(Cl)C(O)C[C@]2(C)[C@@]1(O)C(=O)CO. The molecule has 3 fully saturated rings. The van der Waals surface area contributed by atoms with Crippen LogP contribution in [0.4, 0.5) is 4.39 Å². The average molecular weight is 427 g/mol. The van der Waals surface area contributed by atoms with Crippen LogP contribution in [0, 0.1) is 28.6 Å². The Hall–Kier alpha value is -1.08. The smallest absolute Gasteiger partial charge is 0.213 e. The van der Waals surface area contributed by atoms with Crippen molar-refractivity contribution in [3.05, 3.63) is 23.6 Å². The molecule has 4 aliphatic carbocycles. The highest BCUT2D eigenvalue weighted by molar-refractivity contribution is 6.26. The van der Waals surface area contributed by atoms with Crippen LogP contribution in [0.15, 0.2) is 23.6 Å². The van der Waals surface area contributed by atoms with Crippen LogP contribution in [0.5, 0.6) is 0 Å². The number of hydrogen-bond donors (Lipinski definition) is 3. The topological polar surface area (TPSA) is 94.8 Å². The van der Waals surface area contributed by atoms with E-state index in [0.29, 0.717) is 24.8 Å². The van der Waals surface area contributed by atoms with Crippen LogP contribution in [0.1, 0.15) is 46.5 Å². The number of Topliss-reactive ketones (excluding diaryl/α,β-unsaturated/α-hetero) is 1. The van der Waals surface area contributed by atoms with Gasteiger partial charge in [0.2, 0.25) is 5.78 Å². The minimum Gasteiger partial charge on any atom is -0.391 e. The number of carbonyl (C=O) groups is 2. The molecule has 0 radical (unpaired) electrons. The normalized spacial score (nSPS) is 51.5. The zero-order chi connectivity index (χ0) is 21.6. The standard InChI is InChI=1S/C22H28ClFO5/c1-11-8-14-12-4-5-13-18(24)15(26)6-7-19(13,2)21(12,23)16(27)9-20(14,3)22(11,29)17(28)10-25/h6-7,11-12,14,16,25,27,29H,4-5,8-10H2,1-3H3/t11?,12-,14-,16?,19-,20-,21-,22-/m0/s1. The maximum absolute atomic E-state index is 14.7. The highest BCUT2D eigenvalue weighted by Crippen LogP contribution is 2.71. The van der Waals surface area contributed by atoms with Crippen molar-refractivity contribution in [3.8, 4) is 0 Å². The number of aliphatic hydroxyl groups excluding tert-OH is 2. The molecule has 0 saturated heterocycles. The summed E-state index contributed by atoms with van der Waals surface area (Å²) in [7, 11) is 0. The van der Waals surface area contributed by atoms with Gasteiger partial charge in [0.15, 0.2) is 11.6 Å². The summed E-state index contributed by atoms with van der Waals surface area (Å²) in [6.07, 6.45) is 3.02. The summed E-state index contributed by atoms with van der Waals surface area (Å²) in [5.41, 5.74) is -3.43. The molecule has 3 N–H and O–H groups in total. The first-order valence-corrected chi connectivity index (χ1v) is 10.6. The van der Waals surface area contributed by atoms with E-state index in [2.05, 4.69) is 0 Å². The van der Waals surface area contributed by atoms with Gasteiger partial charge >= 0.3 is 0 Å². The number of aliphatic hydroxyl groups is 3. The van der Waals surface area contributed by atoms with Gasteiger partial charge in [-0.25, -0.2) is 4.39 Å². The fourth-order valence-corrected chi connectivity index (χ4v) is 7.86. The molecule has 0 bridgehead atoms. The van der Waals surface area contributed by atoms with Crippen molar-refractivity contribution in [2.24, 2.45) is 28.6 Å². The van der Waals surface area contributed by atoms with Gasteiger partial charge in [0.1, 0.15) is 12.2 Å². The lowest BCUT2D eigenvalue weighted by molar-refractivity contribution is -0.179. The lowest BCUT2D eigenvalue weighted by Gasteiger charge is -2.63. The minimum absolute atomic E-state index is 0.0521. The molecule has 0 aromatic carbocycles. The maximum atomic E-state index is 14.7. The molecule has 0 spiro atoms. The van der Waals surface area contributed by atoms with E-state index in [9.17, 15) is 29.3 Å². The molecule has 3 saturated carbocycles. The van der Waals surface area contributed by atoms with E-state index in [1.54, 1.807) is 26.8 Å². The number of fused-ring (bicyclic) bond motifs is 5. The van der Waals surface area contributed by atoms with Crippen LogP contribution in [-0.2, 0) is 9.59 Å². The highest BCUT2D eigenvalue weighted by Gasteiger charge is 2.74. The van der Waals surface area contributed by atoms with Gasteiger partial charge in [-0.2, -0.15) is 0 Å². The number of allylic oxidation sites excluding steroid dienone is 4. The van der Waals surface area contributed by atoms with E-state index < -0.39 is 57.3 Å². The largest absolute Gasteiger partial charge is 0.391 e. The molecule has 2 unspecified atom stereocenters. The highest BCUT2D eigenvalue weighted by atomic mass is 35.5. The predicted molar refractivity (Wildman–Crippen MR) is 105 cm³/mol. The van der Waals surface area contributed by atoms with Crippen molar-refractivity contribution in [2.75, 3.05) is 6.61 Å². The quantitative estimate of drug-likeness (QED) is 0.589. The van der Waals surface area contributed by atoms with Crippen LogP contribution in [0.2, 0.25) is 0 Å². The third kappa shape index (κ3) is 2.21. The van der Waals surface area contributed by atoms with Gasteiger partial charge in [0, 0.05) is 10.8 Å². The predicted octanol–water partition coefficient (Wildman–Crippen LogP) is 2.46. The zero-order valence-corrected chi connectivity index (χ0v) is 17.7. The first-order chi connectivity index (χ1) is 13.4. The Morgan fingerprint density at radius 3 is 2.62 bits per heavy atom. The third-order valence-electron chi connectivity index (χ3n) is 8.88. The average Bonchev–Trinajstić information content (AvgIpc) is 2.87. The van der Waals surface area contributed by atoms with Crippen molar-refractivity contribution >= 4 is 23.2 Å². The summed E-state index contributed by atoms with van der Waals surface area (Å²) < 4.78 is 14.7. The van der Waals surface area contributed by atoms with Gasteiger partial charge in [-0.05, 0) is 55.1 Å². The zero-order valence-electron chi connectivity index (χ0n) is 16.9. The Balaban J connectivity index is 1.86. The van der Waals surface area contributed by atoms with Crippen molar-refractivity contribution in [1.29, 1.82) is 0 Å². The molecule has 0 heterocycles. The second-order valence-electron chi connectivity index (χ2n) is 9.83. The fourth-order valence-electron chi connectivity index (χ4n) is 7.34. The minimum atomic E-state index is -1.76. The Morgan fingerprint density at radius 1 is 1.34 bits per heavy atom. The van der Waals surface area contributed by atoms with Gasteiger partial charge in [-0.15, -0.1) is 11.6 Å². The van der Waals surface area contributed by atoms with E-state index in [0.717, 1.165) is 0 Å². The van der Waals surface area contributed by atoms with Crippen molar-refractivity contribution in [2.45, 2.75) is 63.0 Å². The van der Waals surface area contributed by atoms with Crippen molar-refractivity contribution < 1.29 is 29.3 Å². The molecule has 5 nitrogen and oxygen atoms in total. The monoisotopic (exact) mass is 426 g/mol. The summed E-state index contributed by atoms with van der Waals surface area (Å²) >= 11 is 7.21. The molecular formula is C22H28ClFO5. The molecule has 8 atom stereocenters. The molecule has 0 aromatic rings. The number of carbonyl (C=O) groups excluding carboxylic acids is 2. The Bertz CT molecular complexity index is 854. The van der Waals surface area contributed by atoms with Crippen LogP contribution < -0.4 is 0 Å². The van der Waals surface area contributed by atoms with Crippen LogP contribution in [-0.4, -0.2) is 50.1 Å². The summed E-state index contributed by atoms with van der Waals surface area (Å²) in [4.78, 5) is 23.2. The van der Waals surface area contributed by atoms with Crippen molar-refractivity contribution in [3.63, 3.8) is 0 Å². The molecule has 0 aromatic heterocycles. The van der Waals surface area contributed by atoms with Crippen LogP contribution in [0.3, 0.4) is 0 Å². The van der Waals surface area contributed by atoms with Gasteiger partial charge < -0.3 is 15.3 Å². The molecule has 160 valence electrons. The maximum Gasteiger partial charge on any atom is 0.213 e. The lowest BCUT2D eigenvalue weighted by Crippen LogP contribution is -2.69. The summed E-state index contributed by atoms with van der Waals surface area (Å²) in [6, 6.07) is 0. The van der Waals surface area contributed by atoms with Gasteiger partial charge in [-0.1, -0.05) is 26.8 Å². The number of rotatable bonds is 2. The number of alkyl halides is 1. The van der Waals surface area contributed by atoms with E-state index in [-0.39, 0.29) is 18.3 Å². The van der Waals surface area contributed by atoms with E-state index >= 15 is 0 Å². The van der Waals surface area contributed by atoms with Gasteiger partial charge in [0.25, 0.3) is 0 Å². The van der Waals surface area contributed by atoms with Crippen LogP contribution in [0.25, 0.3) is 0 Å². The van der Waals surface area contributed by atoms with Crippen LogP contribution >= 0.6 is 11.6 Å². The van der Waals surface area contributed by atoms with Gasteiger partial charge in [0.05, 0.1) is 11.0 Å². The number of ketones is 2. The Morgan fingerprint density at radius 2 is 2.00 bits per heavy atom.